The number of hydrogen-bond acceptors (Lipinski definition) is 0. The van der Waals surface area contributed by atoms with Crippen LogP contribution in [-0.2, 0) is 0 Å². The highest BCUT2D eigenvalue weighted by atomic mass is 13.9. The third-order valence-corrected chi connectivity index (χ3v) is 2.01. The fraction of sp³-hybridized carbons (Fsp3) is 0.214. The van der Waals surface area contributed by atoms with Crippen molar-refractivity contribution in [2.24, 2.45) is 0 Å². The molecule has 0 atom stereocenters. The van der Waals surface area contributed by atoms with Gasteiger partial charge in [0.15, 0.2) is 0 Å². The minimum atomic E-state index is 1.16. The number of allylic oxidation sites excluding steroid dienone is 3. The van der Waals surface area contributed by atoms with E-state index in [-0.39, 0.29) is 0 Å². The molecule has 0 heterocycles. The average Bonchev–Trinajstić information content (AvgIpc) is 2.19. The molecule has 0 aromatic heterocycles. The summed E-state index contributed by atoms with van der Waals surface area (Å²) in [6.07, 6.45) is 4.09. The molecule has 1 aromatic carbocycles. The fourth-order valence-corrected chi connectivity index (χ4v) is 1.35. The monoisotopic (exact) mass is 184 g/mol. The Morgan fingerprint density at radius 1 is 1.14 bits per heavy atom. The molecule has 0 aliphatic heterocycles. The SMILES string of the molecule is C/C=C/C(C)=C=C(C)c1ccccc1. The molecule has 0 spiro atoms. The summed E-state index contributed by atoms with van der Waals surface area (Å²) in [6.45, 7) is 6.16. The molecule has 1 aromatic rings. The van der Waals surface area contributed by atoms with E-state index in [1.807, 2.05) is 31.2 Å². The van der Waals surface area contributed by atoms with Gasteiger partial charge in [-0.3, -0.25) is 0 Å². The molecule has 0 N–H and O–H groups in total. The van der Waals surface area contributed by atoms with E-state index in [4.69, 9.17) is 0 Å². The van der Waals surface area contributed by atoms with Crippen LogP contribution in [0.5, 0.6) is 0 Å². The lowest BCUT2D eigenvalue weighted by atomic mass is 10.1. The lowest BCUT2D eigenvalue weighted by Crippen LogP contribution is -1.76. The molecule has 0 unspecified atom stereocenters. The lowest BCUT2D eigenvalue weighted by Gasteiger charge is -1.96. The van der Waals surface area contributed by atoms with Crippen molar-refractivity contribution < 1.29 is 0 Å². The molecular formula is C14H16. The van der Waals surface area contributed by atoms with E-state index in [0.717, 1.165) is 5.57 Å². The Morgan fingerprint density at radius 2 is 1.79 bits per heavy atom. The van der Waals surface area contributed by atoms with Gasteiger partial charge in [-0.05, 0) is 37.5 Å². The molecule has 0 aliphatic carbocycles. The normalized spacial score (nSPS) is 9.93. The van der Waals surface area contributed by atoms with Crippen molar-refractivity contribution >= 4 is 5.57 Å². The molecular weight excluding hydrogens is 168 g/mol. The van der Waals surface area contributed by atoms with Gasteiger partial charge in [-0.1, -0.05) is 42.5 Å². The van der Waals surface area contributed by atoms with Crippen LogP contribution in [0.4, 0.5) is 0 Å². The second-order valence-corrected chi connectivity index (χ2v) is 3.30. The van der Waals surface area contributed by atoms with Crippen LogP contribution in [0.1, 0.15) is 26.3 Å². The second kappa shape index (κ2) is 5.26. The van der Waals surface area contributed by atoms with Gasteiger partial charge in [0, 0.05) is 0 Å². The zero-order valence-corrected chi connectivity index (χ0v) is 9.04. The standard InChI is InChI=1S/C14H16/c1-4-8-12(2)11-13(3)14-9-6-5-7-10-14/h4-10H,1-3H3/b8-4+. The van der Waals surface area contributed by atoms with Crippen molar-refractivity contribution in [2.45, 2.75) is 20.8 Å². The van der Waals surface area contributed by atoms with Gasteiger partial charge in [0.25, 0.3) is 0 Å². The Hall–Kier alpha value is -1.52. The molecule has 0 amide bonds. The maximum absolute atomic E-state index is 3.34. The first-order valence-corrected chi connectivity index (χ1v) is 4.86. The summed E-state index contributed by atoms with van der Waals surface area (Å²) < 4.78 is 0. The van der Waals surface area contributed by atoms with Crippen molar-refractivity contribution in [1.82, 2.24) is 0 Å². The molecule has 0 heteroatoms. The van der Waals surface area contributed by atoms with Gasteiger partial charge in [-0.2, -0.15) is 0 Å². The Balaban J connectivity index is 3.07. The van der Waals surface area contributed by atoms with Crippen LogP contribution in [0.25, 0.3) is 5.57 Å². The van der Waals surface area contributed by atoms with Crippen molar-refractivity contribution in [2.75, 3.05) is 0 Å². The minimum Gasteiger partial charge on any atom is -0.114 e. The number of benzene rings is 1. The zero-order chi connectivity index (χ0) is 10.4. The topological polar surface area (TPSA) is 0 Å². The van der Waals surface area contributed by atoms with Crippen LogP contribution >= 0.6 is 0 Å². The van der Waals surface area contributed by atoms with Gasteiger partial charge in [-0.15, -0.1) is 5.73 Å². The van der Waals surface area contributed by atoms with Crippen molar-refractivity contribution in [3.8, 4) is 0 Å². The summed E-state index contributed by atoms with van der Waals surface area (Å²) >= 11 is 0. The Labute approximate surface area is 86.3 Å². The second-order valence-electron chi connectivity index (χ2n) is 3.30. The predicted octanol–water partition coefficient (Wildman–Crippen LogP) is 4.21. The van der Waals surface area contributed by atoms with Crippen LogP contribution in [0, 0.1) is 0 Å². The molecule has 0 aliphatic rings. The largest absolute Gasteiger partial charge is 0.114 e. The first-order chi connectivity index (χ1) is 6.74. The Morgan fingerprint density at radius 3 is 2.36 bits per heavy atom. The minimum absolute atomic E-state index is 1.16. The smallest absolute Gasteiger partial charge is 0.00162 e. The maximum atomic E-state index is 3.34. The van der Waals surface area contributed by atoms with Crippen molar-refractivity contribution in [3.63, 3.8) is 0 Å². The third-order valence-electron chi connectivity index (χ3n) is 2.01. The summed E-state index contributed by atoms with van der Waals surface area (Å²) in [5.41, 5.74) is 6.92. The third kappa shape index (κ3) is 3.08. The highest BCUT2D eigenvalue weighted by Crippen LogP contribution is 2.12. The number of hydrogen-bond donors (Lipinski definition) is 0. The first kappa shape index (κ1) is 10.6. The van der Waals surface area contributed by atoms with E-state index in [2.05, 4.69) is 37.8 Å². The van der Waals surface area contributed by atoms with Crippen molar-refractivity contribution in [1.29, 1.82) is 0 Å². The van der Waals surface area contributed by atoms with Crippen LogP contribution < -0.4 is 0 Å². The summed E-state index contributed by atoms with van der Waals surface area (Å²) in [4.78, 5) is 0. The van der Waals surface area contributed by atoms with E-state index in [1.54, 1.807) is 0 Å². The molecule has 0 radical (unpaired) electrons. The Bertz CT molecular complexity index is 374. The van der Waals surface area contributed by atoms with Crippen LogP contribution in [0.3, 0.4) is 0 Å². The van der Waals surface area contributed by atoms with E-state index in [0.29, 0.717) is 0 Å². The van der Waals surface area contributed by atoms with E-state index < -0.39 is 0 Å². The van der Waals surface area contributed by atoms with Gasteiger partial charge in [0.1, 0.15) is 0 Å². The fourth-order valence-electron chi connectivity index (χ4n) is 1.35. The Kier molecular flexibility index (Phi) is 3.97. The molecule has 0 saturated heterocycles. The molecule has 0 saturated carbocycles. The lowest BCUT2D eigenvalue weighted by molar-refractivity contribution is 1.50. The quantitative estimate of drug-likeness (QED) is 0.477. The van der Waals surface area contributed by atoms with E-state index >= 15 is 0 Å². The zero-order valence-electron chi connectivity index (χ0n) is 9.04. The van der Waals surface area contributed by atoms with Gasteiger partial charge in [-0.25, -0.2) is 0 Å². The summed E-state index contributed by atoms with van der Waals surface area (Å²) in [6, 6.07) is 10.3. The molecule has 14 heavy (non-hydrogen) atoms. The van der Waals surface area contributed by atoms with Crippen molar-refractivity contribution in [3.05, 3.63) is 59.4 Å². The first-order valence-electron chi connectivity index (χ1n) is 4.86. The average molecular weight is 184 g/mol. The molecule has 0 fully saturated rings. The van der Waals surface area contributed by atoms with Gasteiger partial charge >= 0.3 is 0 Å². The summed E-state index contributed by atoms with van der Waals surface area (Å²) in [7, 11) is 0. The predicted molar refractivity (Wildman–Crippen MR) is 63.0 cm³/mol. The molecule has 72 valence electrons. The van der Waals surface area contributed by atoms with E-state index in [9.17, 15) is 0 Å². The highest BCUT2D eigenvalue weighted by Gasteiger charge is 1.91. The number of rotatable bonds is 2. The summed E-state index contributed by atoms with van der Waals surface area (Å²) in [5.74, 6) is 0. The molecule has 1 rings (SSSR count). The van der Waals surface area contributed by atoms with E-state index in [1.165, 1.54) is 11.1 Å². The molecule has 0 bridgehead atoms. The maximum Gasteiger partial charge on any atom is -0.00162 e. The van der Waals surface area contributed by atoms with Gasteiger partial charge < -0.3 is 0 Å². The van der Waals surface area contributed by atoms with Gasteiger partial charge in [0.2, 0.25) is 0 Å². The van der Waals surface area contributed by atoms with Crippen LogP contribution in [0.15, 0.2) is 53.8 Å². The van der Waals surface area contributed by atoms with Gasteiger partial charge in [0.05, 0.1) is 0 Å². The molecule has 0 nitrogen and oxygen atoms in total. The summed E-state index contributed by atoms with van der Waals surface area (Å²) in [5, 5.41) is 0. The highest BCUT2D eigenvalue weighted by molar-refractivity contribution is 5.63. The van der Waals surface area contributed by atoms with Crippen LogP contribution in [-0.4, -0.2) is 0 Å². The van der Waals surface area contributed by atoms with Crippen LogP contribution in [0.2, 0.25) is 0 Å².